The number of halogens is 2. The number of fused-ring (bicyclic) bond motifs is 6. The van der Waals surface area contributed by atoms with Gasteiger partial charge in [-0.25, -0.2) is 8.78 Å². The SMILES string of the molecule is Fc1cc(F)c2c3ccccc3n(-c3cccc(-c4cccc(N(c5ccc(-c6ccccc6)cc5)c5ccc(-c6cccc7c6oc6ccccc67)cc5)c4)c3)c2c1. The molecule has 9 aromatic carbocycles. The van der Waals surface area contributed by atoms with Crippen LogP contribution in [0, 0.1) is 11.6 Å². The zero-order chi connectivity index (χ0) is 39.5. The van der Waals surface area contributed by atoms with E-state index in [0.29, 0.717) is 10.9 Å². The van der Waals surface area contributed by atoms with Crippen LogP contribution in [0.1, 0.15) is 0 Å². The van der Waals surface area contributed by atoms with Crippen molar-refractivity contribution in [2.45, 2.75) is 0 Å². The van der Waals surface area contributed by atoms with E-state index in [0.717, 1.165) is 95.0 Å². The highest BCUT2D eigenvalue weighted by Gasteiger charge is 2.19. The third kappa shape index (κ3) is 5.94. The molecule has 0 unspecified atom stereocenters. The predicted molar refractivity (Wildman–Crippen MR) is 239 cm³/mol. The van der Waals surface area contributed by atoms with E-state index in [1.165, 1.54) is 6.07 Å². The molecule has 0 bridgehead atoms. The van der Waals surface area contributed by atoms with Crippen molar-refractivity contribution in [3.05, 3.63) is 218 Å². The second-order valence-corrected chi connectivity index (χ2v) is 14.8. The maximum atomic E-state index is 15.3. The third-order valence-electron chi connectivity index (χ3n) is 11.3. The topological polar surface area (TPSA) is 21.3 Å². The highest BCUT2D eigenvalue weighted by molar-refractivity contribution is 6.10. The van der Waals surface area contributed by atoms with Crippen LogP contribution in [0.15, 0.2) is 211 Å². The van der Waals surface area contributed by atoms with Gasteiger partial charge in [-0.15, -0.1) is 0 Å². The number of para-hydroxylation sites is 3. The zero-order valence-electron chi connectivity index (χ0n) is 31.7. The summed E-state index contributed by atoms with van der Waals surface area (Å²) in [6.45, 7) is 0. The number of hydrogen-bond acceptors (Lipinski definition) is 2. The molecular weight excluding hydrogens is 731 g/mol. The monoisotopic (exact) mass is 764 g/mol. The molecule has 0 amide bonds. The lowest BCUT2D eigenvalue weighted by atomic mass is 10.0. The molecule has 59 heavy (non-hydrogen) atoms. The Hall–Kier alpha value is -7.76. The van der Waals surface area contributed by atoms with Crippen LogP contribution in [0.5, 0.6) is 0 Å². The van der Waals surface area contributed by atoms with Gasteiger partial charge in [0, 0.05) is 55.9 Å². The van der Waals surface area contributed by atoms with Gasteiger partial charge in [-0.05, 0) is 94.5 Å². The van der Waals surface area contributed by atoms with Gasteiger partial charge in [-0.2, -0.15) is 0 Å². The average molecular weight is 765 g/mol. The quantitative estimate of drug-likeness (QED) is 0.161. The van der Waals surface area contributed by atoms with Gasteiger partial charge in [-0.1, -0.05) is 133 Å². The highest BCUT2D eigenvalue weighted by atomic mass is 19.1. The van der Waals surface area contributed by atoms with Crippen molar-refractivity contribution in [2.75, 3.05) is 4.90 Å². The normalized spacial score (nSPS) is 11.6. The Balaban J connectivity index is 1.02. The summed E-state index contributed by atoms with van der Waals surface area (Å²) in [5.41, 5.74) is 13.2. The number of hydrogen-bond donors (Lipinski definition) is 0. The Morgan fingerprint density at radius 1 is 0.407 bits per heavy atom. The molecule has 0 aliphatic rings. The Labute approximate surface area is 339 Å². The number of rotatable bonds is 7. The molecule has 0 aliphatic carbocycles. The Morgan fingerprint density at radius 2 is 1.02 bits per heavy atom. The zero-order valence-corrected chi connectivity index (χ0v) is 31.7. The van der Waals surface area contributed by atoms with Gasteiger partial charge in [0.1, 0.15) is 22.8 Å². The van der Waals surface area contributed by atoms with E-state index in [-0.39, 0.29) is 0 Å². The summed E-state index contributed by atoms with van der Waals surface area (Å²) in [7, 11) is 0. The van der Waals surface area contributed by atoms with Gasteiger partial charge in [0.25, 0.3) is 0 Å². The minimum absolute atomic E-state index is 0.406. The van der Waals surface area contributed by atoms with E-state index in [4.69, 9.17) is 4.42 Å². The van der Waals surface area contributed by atoms with Crippen LogP contribution in [0.25, 0.3) is 82.8 Å². The largest absolute Gasteiger partial charge is 0.455 e. The molecule has 0 saturated heterocycles. The van der Waals surface area contributed by atoms with E-state index in [2.05, 4.69) is 138 Å². The van der Waals surface area contributed by atoms with Gasteiger partial charge in [0.2, 0.25) is 0 Å². The fourth-order valence-electron chi connectivity index (χ4n) is 8.59. The Morgan fingerprint density at radius 3 is 1.81 bits per heavy atom. The summed E-state index contributed by atoms with van der Waals surface area (Å²) in [5.74, 6) is -1.19. The van der Waals surface area contributed by atoms with Crippen LogP contribution in [-0.4, -0.2) is 4.57 Å². The van der Waals surface area contributed by atoms with Crippen molar-refractivity contribution in [1.29, 1.82) is 0 Å². The molecule has 0 fully saturated rings. The molecule has 0 atom stereocenters. The lowest BCUT2D eigenvalue weighted by Gasteiger charge is -2.26. The second-order valence-electron chi connectivity index (χ2n) is 14.8. The van der Waals surface area contributed by atoms with Gasteiger partial charge >= 0.3 is 0 Å². The van der Waals surface area contributed by atoms with Crippen molar-refractivity contribution in [3.8, 4) is 39.1 Å². The number of anilines is 3. The molecule has 0 spiro atoms. The molecule has 0 saturated carbocycles. The van der Waals surface area contributed by atoms with Gasteiger partial charge in [0.05, 0.1) is 11.0 Å². The van der Waals surface area contributed by atoms with E-state index < -0.39 is 11.6 Å². The molecule has 11 aromatic rings. The molecular formula is C54H34F2N2O. The molecule has 0 aliphatic heterocycles. The van der Waals surface area contributed by atoms with E-state index in [9.17, 15) is 4.39 Å². The third-order valence-corrected chi connectivity index (χ3v) is 11.3. The van der Waals surface area contributed by atoms with Crippen molar-refractivity contribution >= 4 is 60.8 Å². The first-order valence-corrected chi connectivity index (χ1v) is 19.6. The van der Waals surface area contributed by atoms with Crippen LogP contribution in [-0.2, 0) is 0 Å². The molecule has 280 valence electrons. The predicted octanol–water partition coefficient (Wildman–Crippen LogP) is 15.4. The van der Waals surface area contributed by atoms with Crippen molar-refractivity contribution in [2.24, 2.45) is 0 Å². The summed E-state index contributed by atoms with van der Waals surface area (Å²) in [5, 5.41) is 3.35. The first kappa shape index (κ1) is 34.5. The van der Waals surface area contributed by atoms with Crippen molar-refractivity contribution < 1.29 is 13.2 Å². The number of furan rings is 1. The Kier molecular flexibility index (Phi) is 8.19. The number of aromatic nitrogens is 1. The first-order chi connectivity index (χ1) is 29.1. The number of benzene rings is 9. The fourth-order valence-corrected chi connectivity index (χ4v) is 8.59. The van der Waals surface area contributed by atoms with Gasteiger partial charge < -0.3 is 13.9 Å². The Bertz CT molecular complexity index is 3350. The van der Waals surface area contributed by atoms with Gasteiger partial charge in [-0.3, -0.25) is 0 Å². The van der Waals surface area contributed by atoms with E-state index >= 15 is 4.39 Å². The molecule has 2 aromatic heterocycles. The molecule has 0 N–H and O–H groups in total. The van der Waals surface area contributed by atoms with Crippen molar-refractivity contribution in [3.63, 3.8) is 0 Å². The fraction of sp³-hybridized carbons (Fsp3) is 0. The van der Waals surface area contributed by atoms with Crippen molar-refractivity contribution in [1.82, 2.24) is 4.57 Å². The first-order valence-electron chi connectivity index (χ1n) is 19.6. The van der Waals surface area contributed by atoms with Gasteiger partial charge in [0.15, 0.2) is 0 Å². The molecule has 0 radical (unpaired) electrons. The summed E-state index contributed by atoms with van der Waals surface area (Å²) in [6.07, 6.45) is 0. The molecule has 3 nitrogen and oxygen atoms in total. The minimum atomic E-state index is -0.612. The summed E-state index contributed by atoms with van der Waals surface area (Å²) < 4.78 is 38.4. The molecule has 5 heteroatoms. The summed E-state index contributed by atoms with van der Waals surface area (Å²) in [6, 6.07) is 68.8. The lowest BCUT2D eigenvalue weighted by Crippen LogP contribution is -2.10. The second kappa shape index (κ2) is 14.0. The van der Waals surface area contributed by atoms with E-state index in [1.54, 1.807) is 0 Å². The van der Waals surface area contributed by atoms with Crippen LogP contribution in [0.2, 0.25) is 0 Å². The lowest BCUT2D eigenvalue weighted by molar-refractivity contribution is 0.592. The highest BCUT2D eigenvalue weighted by Crippen LogP contribution is 2.41. The van der Waals surface area contributed by atoms with Crippen LogP contribution in [0.3, 0.4) is 0 Å². The molecule has 2 heterocycles. The standard InChI is InChI=1S/C54H34F2N2O/c55-40-33-49(56)53-48-18-4-6-21-50(48)58(51(53)34-40)44-16-9-14-39(32-44)38-13-8-15-43(31-38)57(41-27-23-36(24-28-41)35-11-2-1-3-12-35)42-29-25-37(26-30-42)45-19-10-20-47-46-17-5-7-22-52(46)59-54(45)47/h1-34H. The van der Waals surface area contributed by atoms with Crippen LogP contribution < -0.4 is 4.90 Å². The smallest absolute Gasteiger partial charge is 0.143 e. The summed E-state index contributed by atoms with van der Waals surface area (Å²) in [4.78, 5) is 2.27. The maximum absolute atomic E-state index is 15.3. The summed E-state index contributed by atoms with van der Waals surface area (Å²) >= 11 is 0. The van der Waals surface area contributed by atoms with Crippen LogP contribution in [0.4, 0.5) is 25.8 Å². The maximum Gasteiger partial charge on any atom is 0.143 e. The van der Waals surface area contributed by atoms with E-state index in [1.807, 2.05) is 65.2 Å². The number of nitrogens with zero attached hydrogens (tertiary/aromatic N) is 2. The van der Waals surface area contributed by atoms with Crippen LogP contribution >= 0.6 is 0 Å². The molecule has 11 rings (SSSR count). The average Bonchev–Trinajstić information content (AvgIpc) is 3.84. The minimum Gasteiger partial charge on any atom is -0.455 e.